The van der Waals surface area contributed by atoms with Gasteiger partial charge in [0.2, 0.25) is 0 Å². The van der Waals surface area contributed by atoms with Crippen molar-refractivity contribution in [2.75, 3.05) is 0 Å². The second-order valence-electron chi connectivity index (χ2n) is 2.64. The van der Waals surface area contributed by atoms with Gasteiger partial charge in [-0.05, 0) is 5.92 Å². The minimum atomic E-state index is -1.01. The molecule has 1 N–H and O–H groups in total. The summed E-state index contributed by atoms with van der Waals surface area (Å²) < 4.78 is 0.288. The summed E-state index contributed by atoms with van der Waals surface area (Å²) in [4.78, 5) is 15.1. The van der Waals surface area contributed by atoms with Gasteiger partial charge in [0.15, 0.2) is 10.2 Å². The molecule has 0 spiro atoms. The number of carboxylic acid groups (broad SMARTS) is 1. The zero-order chi connectivity index (χ0) is 9.30. The molecule has 0 aromatic carbocycles. The Morgan fingerprint density at radius 3 is 2.58 bits per heavy atom. The molecule has 0 unspecified atom stereocenters. The maximum atomic E-state index is 10.6. The van der Waals surface area contributed by atoms with Crippen LogP contribution in [0.3, 0.4) is 0 Å². The van der Waals surface area contributed by atoms with Gasteiger partial charge in [-0.2, -0.15) is 0 Å². The molecular formula is C7H8ClNO2S. The first-order chi connectivity index (χ1) is 5.52. The van der Waals surface area contributed by atoms with Crippen molar-refractivity contribution in [2.24, 2.45) is 0 Å². The summed E-state index contributed by atoms with van der Waals surface area (Å²) in [5, 5.41) is 8.71. The number of nitrogens with zero attached hydrogens (tertiary/aromatic N) is 1. The Hall–Kier alpha value is -0.610. The van der Waals surface area contributed by atoms with E-state index in [0.717, 1.165) is 4.88 Å². The Morgan fingerprint density at radius 1 is 1.67 bits per heavy atom. The zero-order valence-corrected chi connectivity index (χ0v) is 8.24. The third-order valence-corrected chi connectivity index (χ3v) is 2.81. The standard InChI is InChI=1S/C7H8ClNO2S/c1-3(2)5-4(6(10)11)9-7(8)12-5/h3H,1-2H3,(H,10,11). The molecule has 0 saturated carbocycles. The van der Waals surface area contributed by atoms with Crippen LogP contribution >= 0.6 is 22.9 Å². The summed E-state index contributed by atoms with van der Waals surface area (Å²) in [5.41, 5.74) is 0.0833. The predicted octanol–water partition coefficient (Wildman–Crippen LogP) is 2.62. The molecule has 1 aromatic heterocycles. The van der Waals surface area contributed by atoms with Gasteiger partial charge in [-0.15, -0.1) is 11.3 Å². The highest BCUT2D eigenvalue weighted by Crippen LogP contribution is 2.29. The van der Waals surface area contributed by atoms with Crippen LogP contribution in [0.1, 0.15) is 35.1 Å². The first-order valence-electron chi connectivity index (χ1n) is 3.42. The molecule has 0 saturated heterocycles. The van der Waals surface area contributed by atoms with Gasteiger partial charge in [-0.1, -0.05) is 25.4 Å². The van der Waals surface area contributed by atoms with Crippen LogP contribution in [-0.4, -0.2) is 16.1 Å². The van der Waals surface area contributed by atoms with Gasteiger partial charge in [0.05, 0.1) is 0 Å². The van der Waals surface area contributed by atoms with E-state index in [1.165, 1.54) is 11.3 Å². The van der Waals surface area contributed by atoms with Gasteiger partial charge in [-0.25, -0.2) is 9.78 Å². The highest BCUT2D eigenvalue weighted by molar-refractivity contribution is 7.16. The third kappa shape index (κ3) is 1.76. The molecule has 0 aliphatic rings. The zero-order valence-electron chi connectivity index (χ0n) is 6.67. The van der Waals surface area contributed by atoms with Crippen LogP contribution in [0, 0.1) is 0 Å². The SMILES string of the molecule is CC(C)c1sc(Cl)nc1C(=O)O. The Kier molecular flexibility index (Phi) is 2.69. The Balaban J connectivity index is 3.17. The lowest BCUT2D eigenvalue weighted by Crippen LogP contribution is -2.01. The van der Waals surface area contributed by atoms with Crippen LogP contribution in [0.5, 0.6) is 0 Å². The second-order valence-corrected chi connectivity index (χ2v) is 4.25. The number of aromatic nitrogens is 1. The van der Waals surface area contributed by atoms with E-state index in [1.54, 1.807) is 0 Å². The lowest BCUT2D eigenvalue weighted by molar-refractivity contribution is 0.0690. The number of rotatable bonds is 2. The lowest BCUT2D eigenvalue weighted by Gasteiger charge is -1.99. The molecule has 12 heavy (non-hydrogen) atoms. The predicted molar refractivity (Wildman–Crippen MR) is 48.2 cm³/mol. The molecule has 5 heteroatoms. The average Bonchev–Trinajstić information content (AvgIpc) is 2.31. The van der Waals surface area contributed by atoms with Crippen molar-refractivity contribution in [3.05, 3.63) is 15.0 Å². The Morgan fingerprint density at radius 2 is 2.25 bits per heavy atom. The van der Waals surface area contributed by atoms with Crippen molar-refractivity contribution in [3.8, 4) is 0 Å². The van der Waals surface area contributed by atoms with E-state index in [4.69, 9.17) is 16.7 Å². The van der Waals surface area contributed by atoms with Gasteiger partial charge in [-0.3, -0.25) is 0 Å². The molecule has 1 heterocycles. The van der Waals surface area contributed by atoms with E-state index in [9.17, 15) is 4.79 Å². The van der Waals surface area contributed by atoms with Crippen molar-refractivity contribution >= 4 is 28.9 Å². The Bertz CT molecular complexity index is 308. The van der Waals surface area contributed by atoms with E-state index >= 15 is 0 Å². The highest BCUT2D eigenvalue weighted by Gasteiger charge is 2.18. The summed E-state index contributed by atoms with van der Waals surface area (Å²) in [6.45, 7) is 3.83. The number of carboxylic acids is 1. The molecule has 0 atom stereocenters. The topological polar surface area (TPSA) is 50.2 Å². The summed E-state index contributed by atoms with van der Waals surface area (Å²) in [5.74, 6) is -0.858. The Labute approximate surface area is 79.0 Å². The van der Waals surface area contributed by atoms with Crippen molar-refractivity contribution in [2.45, 2.75) is 19.8 Å². The second kappa shape index (κ2) is 3.41. The minimum absolute atomic E-state index is 0.0833. The summed E-state index contributed by atoms with van der Waals surface area (Å²) in [6.07, 6.45) is 0. The quantitative estimate of drug-likeness (QED) is 0.808. The number of aromatic carboxylic acids is 1. The molecule has 1 aromatic rings. The number of hydrogen-bond acceptors (Lipinski definition) is 3. The van der Waals surface area contributed by atoms with E-state index in [-0.39, 0.29) is 16.1 Å². The molecule has 0 fully saturated rings. The number of hydrogen-bond donors (Lipinski definition) is 1. The van der Waals surface area contributed by atoms with E-state index in [2.05, 4.69) is 4.98 Å². The smallest absolute Gasteiger partial charge is 0.355 e. The maximum Gasteiger partial charge on any atom is 0.355 e. The molecule has 0 aliphatic heterocycles. The molecular weight excluding hydrogens is 198 g/mol. The van der Waals surface area contributed by atoms with Crippen molar-refractivity contribution in [1.29, 1.82) is 0 Å². The molecule has 1 rings (SSSR count). The number of carbonyl (C=O) groups is 1. The normalized spacial score (nSPS) is 10.7. The molecule has 0 bridgehead atoms. The minimum Gasteiger partial charge on any atom is -0.476 e. The maximum absolute atomic E-state index is 10.6. The molecule has 0 aliphatic carbocycles. The van der Waals surface area contributed by atoms with Crippen LogP contribution in [0.4, 0.5) is 0 Å². The fourth-order valence-corrected chi connectivity index (χ4v) is 1.97. The monoisotopic (exact) mass is 205 g/mol. The largest absolute Gasteiger partial charge is 0.476 e. The molecule has 3 nitrogen and oxygen atoms in total. The number of halogens is 1. The van der Waals surface area contributed by atoms with E-state index in [1.807, 2.05) is 13.8 Å². The molecule has 66 valence electrons. The van der Waals surface area contributed by atoms with E-state index in [0.29, 0.717) is 0 Å². The third-order valence-electron chi connectivity index (χ3n) is 1.35. The van der Waals surface area contributed by atoms with Crippen LogP contribution in [0.2, 0.25) is 4.47 Å². The van der Waals surface area contributed by atoms with E-state index < -0.39 is 5.97 Å². The van der Waals surface area contributed by atoms with Crippen LogP contribution in [-0.2, 0) is 0 Å². The fourth-order valence-electron chi connectivity index (χ4n) is 0.849. The number of thiazole rings is 1. The van der Waals surface area contributed by atoms with Gasteiger partial charge >= 0.3 is 5.97 Å². The van der Waals surface area contributed by atoms with Crippen molar-refractivity contribution in [1.82, 2.24) is 4.98 Å². The lowest BCUT2D eigenvalue weighted by atomic mass is 10.1. The van der Waals surface area contributed by atoms with Crippen LogP contribution in [0.25, 0.3) is 0 Å². The van der Waals surface area contributed by atoms with Gasteiger partial charge in [0.25, 0.3) is 0 Å². The van der Waals surface area contributed by atoms with Crippen LogP contribution in [0.15, 0.2) is 0 Å². The summed E-state index contributed by atoms with van der Waals surface area (Å²) in [7, 11) is 0. The average molecular weight is 206 g/mol. The summed E-state index contributed by atoms with van der Waals surface area (Å²) in [6, 6.07) is 0. The summed E-state index contributed by atoms with van der Waals surface area (Å²) >= 11 is 6.82. The molecule has 0 radical (unpaired) electrons. The fraction of sp³-hybridized carbons (Fsp3) is 0.429. The van der Waals surface area contributed by atoms with Crippen molar-refractivity contribution in [3.63, 3.8) is 0 Å². The van der Waals surface area contributed by atoms with Crippen LogP contribution < -0.4 is 0 Å². The van der Waals surface area contributed by atoms with Gasteiger partial charge in [0.1, 0.15) is 0 Å². The first-order valence-corrected chi connectivity index (χ1v) is 4.61. The molecule has 0 amide bonds. The van der Waals surface area contributed by atoms with Crippen molar-refractivity contribution < 1.29 is 9.90 Å². The van der Waals surface area contributed by atoms with Gasteiger partial charge in [0, 0.05) is 4.88 Å². The first kappa shape index (κ1) is 9.48. The highest BCUT2D eigenvalue weighted by atomic mass is 35.5. The van der Waals surface area contributed by atoms with Gasteiger partial charge < -0.3 is 5.11 Å².